The molecule has 2 unspecified atom stereocenters. The van der Waals surface area contributed by atoms with Crippen molar-refractivity contribution in [2.45, 2.75) is 302 Å². The number of esters is 1. The summed E-state index contributed by atoms with van der Waals surface area (Å²) >= 11 is 0. The van der Waals surface area contributed by atoms with Gasteiger partial charge in [-0.25, -0.2) is 0 Å². The van der Waals surface area contributed by atoms with Gasteiger partial charge < -0.3 is 20.3 Å². The van der Waals surface area contributed by atoms with Gasteiger partial charge in [-0.05, 0) is 51.4 Å². The molecule has 0 heterocycles. The molecule has 6 nitrogen and oxygen atoms in total. The Morgan fingerprint density at radius 1 is 0.458 bits per heavy atom. The van der Waals surface area contributed by atoms with Gasteiger partial charge in [0.2, 0.25) is 5.91 Å². The van der Waals surface area contributed by atoms with Crippen molar-refractivity contribution in [2.75, 3.05) is 13.2 Å². The molecule has 0 aromatic rings. The number of rotatable bonds is 49. The fourth-order valence-electron chi connectivity index (χ4n) is 8.22. The highest BCUT2D eigenvalue weighted by molar-refractivity contribution is 5.76. The number of amides is 1. The van der Waals surface area contributed by atoms with E-state index in [0.717, 1.165) is 57.8 Å². The van der Waals surface area contributed by atoms with Crippen molar-refractivity contribution in [2.24, 2.45) is 0 Å². The molecule has 0 spiro atoms. The highest BCUT2D eigenvalue weighted by atomic mass is 16.5. The van der Waals surface area contributed by atoms with Crippen LogP contribution in [0.2, 0.25) is 0 Å². The maximum Gasteiger partial charge on any atom is 0.305 e. The first-order valence-electron chi connectivity index (χ1n) is 26.4. The normalized spacial score (nSPS) is 12.7. The Balaban J connectivity index is 3.45. The summed E-state index contributed by atoms with van der Waals surface area (Å²) in [7, 11) is 0. The minimum Gasteiger partial charge on any atom is -0.466 e. The summed E-state index contributed by atoms with van der Waals surface area (Å²) in [5.74, 6) is -0.0661. The minimum absolute atomic E-state index is 0.0162. The quantitative estimate of drug-likeness (QED) is 0.0322. The van der Waals surface area contributed by atoms with E-state index in [0.29, 0.717) is 25.9 Å². The molecule has 0 bridgehead atoms. The summed E-state index contributed by atoms with van der Waals surface area (Å²) in [6, 6.07) is -0.552. The fourth-order valence-corrected chi connectivity index (χ4v) is 8.22. The third kappa shape index (κ3) is 45.9. The first-order chi connectivity index (χ1) is 29.0. The first kappa shape index (κ1) is 57.6. The molecule has 350 valence electrons. The van der Waals surface area contributed by atoms with E-state index >= 15 is 0 Å². The largest absolute Gasteiger partial charge is 0.466 e. The standard InChI is InChI=1S/C53H103NO5/c1-3-5-7-9-11-13-15-17-19-20-22-27-31-35-39-43-47-53(58)59-48-44-40-36-32-28-24-23-26-30-34-38-42-46-52(57)54-50(49-55)51(56)45-41-37-33-29-25-21-18-16-14-12-10-8-6-4-2/h19-20,50-51,55-56H,3-18,21-49H2,1-2H3,(H,54,57)/b20-19-. The summed E-state index contributed by atoms with van der Waals surface area (Å²) < 4.78 is 5.46. The van der Waals surface area contributed by atoms with Gasteiger partial charge in [0, 0.05) is 12.8 Å². The zero-order chi connectivity index (χ0) is 43.0. The molecule has 1 amide bonds. The molecule has 2 atom stereocenters. The molecule has 0 aliphatic rings. The number of hydrogen-bond donors (Lipinski definition) is 3. The Hall–Kier alpha value is -1.40. The molecular weight excluding hydrogens is 731 g/mol. The summed E-state index contributed by atoms with van der Waals surface area (Å²) in [5, 5.41) is 23.2. The second kappa shape index (κ2) is 49.3. The maximum absolute atomic E-state index is 12.4. The Bertz CT molecular complexity index is 878. The van der Waals surface area contributed by atoms with Gasteiger partial charge >= 0.3 is 5.97 Å². The minimum atomic E-state index is -0.673. The maximum atomic E-state index is 12.4. The summed E-state index contributed by atoms with van der Waals surface area (Å²) in [6.07, 6.45) is 56.0. The van der Waals surface area contributed by atoms with E-state index in [1.54, 1.807) is 0 Å². The molecule has 0 saturated carbocycles. The Labute approximate surface area is 368 Å². The van der Waals surface area contributed by atoms with E-state index < -0.39 is 12.1 Å². The Morgan fingerprint density at radius 2 is 0.797 bits per heavy atom. The van der Waals surface area contributed by atoms with Gasteiger partial charge in [0.15, 0.2) is 0 Å². The second-order valence-corrected chi connectivity index (χ2v) is 18.2. The van der Waals surface area contributed by atoms with Crippen molar-refractivity contribution in [3.05, 3.63) is 12.2 Å². The fraction of sp³-hybridized carbons (Fsp3) is 0.925. The average Bonchev–Trinajstić information content (AvgIpc) is 3.24. The number of carbonyl (C=O) groups excluding carboxylic acids is 2. The molecule has 0 aliphatic carbocycles. The smallest absolute Gasteiger partial charge is 0.305 e. The van der Waals surface area contributed by atoms with E-state index in [4.69, 9.17) is 4.74 Å². The SMILES string of the molecule is CCCCCCCCC/C=C\CCCCCCCC(=O)OCCCCCCCCCCCCCCC(=O)NC(CO)C(O)CCCCCCCCCCCCCCCC. The summed E-state index contributed by atoms with van der Waals surface area (Å²) in [5.41, 5.74) is 0. The Morgan fingerprint density at radius 3 is 1.20 bits per heavy atom. The van der Waals surface area contributed by atoms with Crippen LogP contribution in [0.25, 0.3) is 0 Å². The van der Waals surface area contributed by atoms with Gasteiger partial charge in [-0.2, -0.15) is 0 Å². The molecule has 0 aromatic carbocycles. The predicted octanol–water partition coefficient (Wildman–Crippen LogP) is 15.7. The molecule has 0 aliphatic heterocycles. The Kier molecular flexibility index (Phi) is 48.1. The first-order valence-corrected chi connectivity index (χ1v) is 26.4. The van der Waals surface area contributed by atoms with Gasteiger partial charge in [-0.15, -0.1) is 0 Å². The topological polar surface area (TPSA) is 95.9 Å². The van der Waals surface area contributed by atoms with E-state index in [1.807, 2.05) is 0 Å². The molecule has 6 heteroatoms. The number of nitrogens with one attached hydrogen (secondary N) is 1. The molecular formula is C53H103NO5. The number of unbranched alkanes of at least 4 members (excludes halogenated alkanes) is 36. The molecule has 0 saturated heterocycles. The molecule has 0 aromatic heterocycles. The van der Waals surface area contributed by atoms with Crippen molar-refractivity contribution in [3.8, 4) is 0 Å². The van der Waals surface area contributed by atoms with Crippen LogP contribution in [0.3, 0.4) is 0 Å². The number of ether oxygens (including phenoxy) is 1. The zero-order valence-electron chi connectivity index (χ0n) is 39.7. The van der Waals surface area contributed by atoms with Crippen LogP contribution in [-0.2, 0) is 14.3 Å². The lowest BCUT2D eigenvalue weighted by Gasteiger charge is -2.22. The lowest BCUT2D eigenvalue weighted by Crippen LogP contribution is -2.45. The van der Waals surface area contributed by atoms with Crippen molar-refractivity contribution >= 4 is 11.9 Å². The number of aliphatic hydroxyl groups excluding tert-OH is 2. The molecule has 0 radical (unpaired) electrons. The molecule has 0 fully saturated rings. The third-order valence-electron chi connectivity index (χ3n) is 12.3. The van der Waals surface area contributed by atoms with Crippen LogP contribution in [0.1, 0.15) is 290 Å². The predicted molar refractivity (Wildman–Crippen MR) is 255 cm³/mol. The number of carbonyl (C=O) groups is 2. The number of allylic oxidation sites excluding steroid dienone is 2. The van der Waals surface area contributed by atoms with Crippen molar-refractivity contribution in [3.63, 3.8) is 0 Å². The van der Waals surface area contributed by atoms with E-state index in [9.17, 15) is 19.8 Å². The number of hydrogen-bond acceptors (Lipinski definition) is 5. The van der Waals surface area contributed by atoms with Crippen molar-refractivity contribution in [1.82, 2.24) is 5.32 Å². The molecule has 0 rings (SSSR count). The van der Waals surface area contributed by atoms with E-state index in [2.05, 4.69) is 31.3 Å². The average molecular weight is 834 g/mol. The zero-order valence-corrected chi connectivity index (χ0v) is 39.7. The van der Waals surface area contributed by atoms with Gasteiger partial charge in [-0.1, -0.05) is 238 Å². The second-order valence-electron chi connectivity index (χ2n) is 18.2. The van der Waals surface area contributed by atoms with Gasteiger partial charge in [0.1, 0.15) is 0 Å². The van der Waals surface area contributed by atoms with Crippen molar-refractivity contribution < 1.29 is 24.5 Å². The van der Waals surface area contributed by atoms with Crippen LogP contribution < -0.4 is 5.32 Å². The lowest BCUT2D eigenvalue weighted by atomic mass is 10.0. The van der Waals surface area contributed by atoms with Crippen LogP contribution in [0.4, 0.5) is 0 Å². The van der Waals surface area contributed by atoms with Gasteiger partial charge in [0.05, 0.1) is 25.4 Å². The van der Waals surface area contributed by atoms with Crippen LogP contribution in [0.15, 0.2) is 12.2 Å². The summed E-state index contributed by atoms with van der Waals surface area (Å²) in [6.45, 7) is 4.92. The lowest BCUT2D eigenvalue weighted by molar-refractivity contribution is -0.143. The highest BCUT2D eigenvalue weighted by Crippen LogP contribution is 2.16. The van der Waals surface area contributed by atoms with Gasteiger partial charge in [0.25, 0.3) is 0 Å². The monoisotopic (exact) mass is 834 g/mol. The summed E-state index contributed by atoms with van der Waals surface area (Å²) in [4.78, 5) is 24.5. The van der Waals surface area contributed by atoms with Crippen LogP contribution >= 0.6 is 0 Å². The van der Waals surface area contributed by atoms with E-state index in [1.165, 1.54) is 199 Å². The van der Waals surface area contributed by atoms with E-state index in [-0.39, 0.29) is 18.5 Å². The van der Waals surface area contributed by atoms with Crippen LogP contribution in [0, 0.1) is 0 Å². The molecule has 59 heavy (non-hydrogen) atoms. The van der Waals surface area contributed by atoms with Crippen molar-refractivity contribution in [1.29, 1.82) is 0 Å². The van der Waals surface area contributed by atoms with Crippen LogP contribution in [-0.4, -0.2) is 47.4 Å². The van der Waals surface area contributed by atoms with Gasteiger partial charge in [-0.3, -0.25) is 9.59 Å². The molecule has 3 N–H and O–H groups in total. The third-order valence-corrected chi connectivity index (χ3v) is 12.3. The van der Waals surface area contributed by atoms with Crippen LogP contribution in [0.5, 0.6) is 0 Å². The number of aliphatic hydroxyl groups is 2. The highest BCUT2D eigenvalue weighted by Gasteiger charge is 2.20.